The molecule has 0 spiro atoms. The van der Waals surface area contributed by atoms with Crippen molar-refractivity contribution >= 4 is 11.6 Å². The molecule has 0 aromatic heterocycles. The molecule has 110 valence electrons. The maximum atomic E-state index is 6.57. The Morgan fingerprint density at radius 1 is 1.20 bits per heavy atom. The van der Waals surface area contributed by atoms with Gasteiger partial charge in [0.1, 0.15) is 0 Å². The summed E-state index contributed by atoms with van der Waals surface area (Å²) in [5, 5.41) is 0.925. The highest BCUT2D eigenvalue weighted by Gasteiger charge is 2.32. The minimum Gasteiger partial charge on any atom is -0.321 e. The molecular formula is C17H25ClN2. The van der Waals surface area contributed by atoms with Gasteiger partial charge < -0.3 is 10.6 Å². The molecule has 1 saturated heterocycles. The lowest BCUT2D eigenvalue weighted by Crippen LogP contribution is -2.33. The van der Waals surface area contributed by atoms with E-state index in [9.17, 15) is 0 Å². The van der Waals surface area contributed by atoms with Crippen LogP contribution in [-0.4, -0.2) is 25.0 Å². The second-order valence-electron chi connectivity index (χ2n) is 6.68. The summed E-state index contributed by atoms with van der Waals surface area (Å²) in [6.45, 7) is 2.34. The molecule has 1 aliphatic heterocycles. The normalized spacial score (nSPS) is 24.1. The largest absolute Gasteiger partial charge is 0.321 e. The number of halogens is 1. The maximum absolute atomic E-state index is 6.57. The smallest absolute Gasteiger partial charge is 0.0444 e. The lowest BCUT2D eigenvalue weighted by Gasteiger charge is -2.30. The van der Waals surface area contributed by atoms with E-state index in [-0.39, 0.29) is 5.54 Å². The summed E-state index contributed by atoms with van der Waals surface area (Å²) in [6.07, 6.45) is 7.09. The van der Waals surface area contributed by atoms with Gasteiger partial charge in [0, 0.05) is 10.6 Å². The number of rotatable bonds is 2. The van der Waals surface area contributed by atoms with Gasteiger partial charge in [0.25, 0.3) is 0 Å². The Labute approximate surface area is 127 Å². The van der Waals surface area contributed by atoms with Crippen molar-refractivity contribution in [2.45, 2.75) is 50.0 Å². The molecule has 1 aromatic rings. The molecule has 20 heavy (non-hydrogen) atoms. The second kappa shape index (κ2) is 5.67. The molecule has 0 amide bonds. The van der Waals surface area contributed by atoms with Crippen molar-refractivity contribution < 1.29 is 0 Å². The first-order valence-electron chi connectivity index (χ1n) is 7.86. The summed E-state index contributed by atoms with van der Waals surface area (Å²) < 4.78 is 0. The van der Waals surface area contributed by atoms with Crippen LogP contribution in [0.25, 0.3) is 0 Å². The van der Waals surface area contributed by atoms with E-state index in [0.29, 0.717) is 5.92 Å². The predicted molar refractivity (Wildman–Crippen MR) is 85.3 cm³/mol. The van der Waals surface area contributed by atoms with E-state index in [1.807, 2.05) is 0 Å². The van der Waals surface area contributed by atoms with Crippen LogP contribution in [-0.2, 0) is 5.54 Å². The van der Waals surface area contributed by atoms with Crippen molar-refractivity contribution in [1.82, 2.24) is 4.90 Å². The highest BCUT2D eigenvalue weighted by Crippen LogP contribution is 2.39. The lowest BCUT2D eigenvalue weighted by atomic mass is 9.85. The van der Waals surface area contributed by atoms with Gasteiger partial charge in [-0.2, -0.15) is 0 Å². The molecule has 3 heteroatoms. The summed E-state index contributed by atoms with van der Waals surface area (Å²) >= 11 is 6.57. The van der Waals surface area contributed by atoms with Crippen LogP contribution in [0, 0.1) is 0 Å². The molecule has 1 heterocycles. The van der Waals surface area contributed by atoms with Gasteiger partial charge in [0.15, 0.2) is 0 Å². The first-order chi connectivity index (χ1) is 9.58. The molecule has 0 unspecified atom stereocenters. The Morgan fingerprint density at radius 3 is 2.45 bits per heavy atom. The highest BCUT2D eigenvalue weighted by atomic mass is 35.5. The van der Waals surface area contributed by atoms with Crippen LogP contribution in [0.5, 0.6) is 0 Å². The molecule has 2 aliphatic rings. The SMILES string of the molecule is CN1CCC(c2ccc(C3(N)CCCC3)cc2Cl)CC1. The van der Waals surface area contributed by atoms with E-state index in [1.54, 1.807) is 0 Å². The quantitative estimate of drug-likeness (QED) is 0.896. The molecule has 1 aliphatic carbocycles. The van der Waals surface area contributed by atoms with E-state index in [4.69, 9.17) is 17.3 Å². The van der Waals surface area contributed by atoms with Gasteiger partial charge in [-0.25, -0.2) is 0 Å². The average molecular weight is 293 g/mol. The van der Waals surface area contributed by atoms with Crippen LogP contribution in [0.15, 0.2) is 18.2 Å². The summed E-state index contributed by atoms with van der Waals surface area (Å²) in [4.78, 5) is 2.40. The first kappa shape index (κ1) is 14.4. The highest BCUT2D eigenvalue weighted by molar-refractivity contribution is 6.31. The van der Waals surface area contributed by atoms with E-state index >= 15 is 0 Å². The monoisotopic (exact) mass is 292 g/mol. The van der Waals surface area contributed by atoms with E-state index in [1.165, 1.54) is 49.9 Å². The molecular weight excluding hydrogens is 268 g/mol. The van der Waals surface area contributed by atoms with Crippen molar-refractivity contribution in [3.05, 3.63) is 34.3 Å². The third kappa shape index (κ3) is 2.74. The van der Waals surface area contributed by atoms with Crippen molar-refractivity contribution in [3.63, 3.8) is 0 Å². The lowest BCUT2D eigenvalue weighted by molar-refractivity contribution is 0.255. The molecule has 2 N–H and O–H groups in total. The summed E-state index contributed by atoms with van der Waals surface area (Å²) in [5.74, 6) is 0.616. The van der Waals surface area contributed by atoms with Gasteiger partial charge in [-0.15, -0.1) is 0 Å². The molecule has 2 fully saturated rings. The molecule has 0 atom stereocenters. The molecule has 2 nitrogen and oxygen atoms in total. The molecule has 1 saturated carbocycles. The number of benzene rings is 1. The standard InChI is InChI=1S/C17H25ClN2/c1-20-10-6-13(7-11-20)15-5-4-14(12-16(15)18)17(19)8-2-3-9-17/h4-5,12-13H,2-3,6-11,19H2,1H3. The number of nitrogens with zero attached hydrogens (tertiary/aromatic N) is 1. The molecule has 0 bridgehead atoms. The Hall–Kier alpha value is -0.570. The Kier molecular flexibility index (Phi) is 4.07. The van der Waals surface area contributed by atoms with Crippen molar-refractivity contribution in [2.75, 3.05) is 20.1 Å². The third-order valence-corrected chi connectivity index (χ3v) is 5.56. The zero-order chi connectivity index (χ0) is 14.2. The van der Waals surface area contributed by atoms with Gasteiger partial charge in [-0.1, -0.05) is 36.6 Å². The van der Waals surface area contributed by atoms with Crippen LogP contribution < -0.4 is 5.73 Å². The van der Waals surface area contributed by atoms with E-state index in [0.717, 1.165) is 17.9 Å². The number of hydrogen-bond donors (Lipinski definition) is 1. The molecule has 0 radical (unpaired) electrons. The van der Waals surface area contributed by atoms with Crippen LogP contribution >= 0.6 is 11.6 Å². The first-order valence-corrected chi connectivity index (χ1v) is 8.24. The summed E-state index contributed by atoms with van der Waals surface area (Å²) in [5.41, 5.74) is 8.96. The van der Waals surface area contributed by atoms with Crippen LogP contribution in [0.2, 0.25) is 5.02 Å². The maximum Gasteiger partial charge on any atom is 0.0444 e. The van der Waals surface area contributed by atoms with E-state index < -0.39 is 0 Å². The van der Waals surface area contributed by atoms with Gasteiger partial charge >= 0.3 is 0 Å². The van der Waals surface area contributed by atoms with Gasteiger partial charge in [0.05, 0.1) is 0 Å². The van der Waals surface area contributed by atoms with Crippen molar-refractivity contribution in [2.24, 2.45) is 5.73 Å². The number of likely N-dealkylation sites (tertiary alicyclic amines) is 1. The van der Waals surface area contributed by atoms with Crippen LogP contribution in [0.3, 0.4) is 0 Å². The summed E-state index contributed by atoms with van der Waals surface area (Å²) in [6, 6.07) is 6.60. The Bertz CT molecular complexity index is 472. The molecule has 1 aromatic carbocycles. The zero-order valence-electron chi connectivity index (χ0n) is 12.4. The fraction of sp³-hybridized carbons (Fsp3) is 0.647. The topological polar surface area (TPSA) is 29.3 Å². The van der Waals surface area contributed by atoms with Crippen molar-refractivity contribution in [3.8, 4) is 0 Å². The third-order valence-electron chi connectivity index (χ3n) is 5.23. The average Bonchev–Trinajstić information content (AvgIpc) is 2.88. The Morgan fingerprint density at radius 2 is 1.85 bits per heavy atom. The fourth-order valence-electron chi connectivity index (χ4n) is 3.78. The van der Waals surface area contributed by atoms with Gasteiger partial charge in [0.2, 0.25) is 0 Å². The Balaban J connectivity index is 1.81. The number of piperidine rings is 1. The van der Waals surface area contributed by atoms with Crippen molar-refractivity contribution in [1.29, 1.82) is 0 Å². The number of hydrogen-bond acceptors (Lipinski definition) is 2. The molecule has 3 rings (SSSR count). The zero-order valence-corrected chi connectivity index (χ0v) is 13.1. The van der Waals surface area contributed by atoms with E-state index in [2.05, 4.69) is 30.1 Å². The minimum absolute atomic E-state index is 0.130. The second-order valence-corrected chi connectivity index (χ2v) is 7.08. The van der Waals surface area contributed by atoms with Crippen LogP contribution in [0.4, 0.5) is 0 Å². The van der Waals surface area contributed by atoms with Gasteiger partial charge in [-0.05, 0) is 68.9 Å². The number of nitrogens with two attached hydrogens (primary N) is 1. The van der Waals surface area contributed by atoms with Crippen LogP contribution in [0.1, 0.15) is 55.6 Å². The predicted octanol–water partition coefficient (Wildman–Crippen LogP) is 3.88. The van der Waals surface area contributed by atoms with Gasteiger partial charge in [-0.3, -0.25) is 0 Å². The fourth-order valence-corrected chi connectivity index (χ4v) is 4.12. The summed E-state index contributed by atoms with van der Waals surface area (Å²) in [7, 11) is 2.19. The minimum atomic E-state index is -0.130.